The lowest BCUT2D eigenvalue weighted by Gasteiger charge is -2.31. The van der Waals surface area contributed by atoms with Gasteiger partial charge in [-0.25, -0.2) is 0 Å². The van der Waals surface area contributed by atoms with Gasteiger partial charge in [0.2, 0.25) is 0 Å². The highest BCUT2D eigenvalue weighted by atomic mass is 16.5. The SMILES string of the molecule is Cc1cc(C(=O)N2CCOC(CN)C2)no1. The molecule has 2 N–H and O–H groups in total. The van der Waals surface area contributed by atoms with Gasteiger partial charge in [0, 0.05) is 25.7 Å². The third-order valence-electron chi connectivity index (χ3n) is 2.54. The van der Waals surface area contributed by atoms with Crippen molar-refractivity contribution < 1.29 is 14.1 Å². The van der Waals surface area contributed by atoms with E-state index in [4.69, 9.17) is 15.0 Å². The molecule has 0 bridgehead atoms. The molecule has 1 aliphatic heterocycles. The van der Waals surface area contributed by atoms with Crippen LogP contribution in [0.5, 0.6) is 0 Å². The minimum absolute atomic E-state index is 0.0781. The Labute approximate surface area is 93.3 Å². The van der Waals surface area contributed by atoms with Crippen molar-refractivity contribution in [2.24, 2.45) is 5.73 Å². The molecular formula is C10H15N3O3. The third kappa shape index (κ3) is 2.23. The van der Waals surface area contributed by atoms with Gasteiger partial charge < -0.3 is 19.9 Å². The molecule has 6 nitrogen and oxygen atoms in total. The van der Waals surface area contributed by atoms with Crippen molar-refractivity contribution >= 4 is 5.91 Å². The van der Waals surface area contributed by atoms with Crippen LogP contribution in [0.3, 0.4) is 0 Å². The van der Waals surface area contributed by atoms with Crippen LogP contribution in [-0.4, -0.2) is 48.3 Å². The Kier molecular flexibility index (Phi) is 3.21. The standard InChI is InChI=1S/C10H15N3O3/c1-7-4-9(12-16-7)10(14)13-2-3-15-8(5-11)6-13/h4,8H,2-3,5-6,11H2,1H3. The third-order valence-corrected chi connectivity index (χ3v) is 2.54. The largest absolute Gasteiger partial charge is 0.373 e. The summed E-state index contributed by atoms with van der Waals surface area (Å²) in [6.45, 7) is 3.78. The zero-order valence-electron chi connectivity index (χ0n) is 9.18. The Morgan fingerprint density at radius 1 is 1.75 bits per heavy atom. The van der Waals surface area contributed by atoms with Gasteiger partial charge in [-0.05, 0) is 6.92 Å². The van der Waals surface area contributed by atoms with E-state index in [1.165, 1.54) is 0 Å². The summed E-state index contributed by atoms with van der Waals surface area (Å²) in [4.78, 5) is 13.7. The summed E-state index contributed by atoms with van der Waals surface area (Å²) in [5.41, 5.74) is 5.85. The molecule has 88 valence electrons. The van der Waals surface area contributed by atoms with Crippen molar-refractivity contribution in [2.45, 2.75) is 13.0 Å². The molecule has 0 radical (unpaired) electrons. The lowest BCUT2D eigenvalue weighted by Crippen LogP contribution is -2.48. The lowest BCUT2D eigenvalue weighted by molar-refractivity contribution is -0.0170. The first-order valence-electron chi connectivity index (χ1n) is 5.25. The number of nitrogens with two attached hydrogens (primary N) is 1. The van der Waals surface area contributed by atoms with Gasteiger partial charge in [0.25, 0.3) is 5.91 Å². The number of carbonyl (C=O) groups is 1. The Bertz CT molecular complexity index is 377. The number of aryl methyl sites for hydroxylation is 1. The molecule has 0 aromatic carbocycles. The van der Waals surface area contributed by atoms with Crippen LogP contribution in [0.4, 0.5) is 0 Å². The van der Waals surface area contributed by atoms with Crippen molar-refractivity contribution in [3.63, 3.8) is 0 Å². The fourth-order valence-electron chi connectivity index (χ4n) is 1.68. The fourth-order valence-corrected chi connectivity index (χ4v) is 1.68. The number of ether oxygens (including phenoxy) is 1. The maximum absolute atomic E-state index is 12.0. The molecule has 1 aromatic heterocycles. The molecule has 1 atom stereocenters. The normalized spacial score (nSPS) is 21.1. The van der Waals surface area contributed by atoms with Gasteiger partial charge in [-0.15, -0.1) is 0 Å². The van der Waals surface area contributed by atoms with Crippen molar-refractivity contribution in [3.05, 3.63) is 17.5 Å². The molecule has 1 unspecified atom stereocenters. The van der Waals surface area contributed by atoms with Crippen LogP contribution in [-0.2, 0) is 4.74 Å². The summed E-state index contributed by atoms with van der Waals surface area (Å²) in [6.07, 6.45) is -0.0781. The van der Waals surface area contributed by atoms with E-state index in [0.717, 1.165) is 0 Å². The fraction of sp³-hybridized carbons (Fsp3) is 0.600. The Morgan fingerprint density at radius 2 is 2.56 bits per heavy atom. The van der Waals surface area contributed by atoms with Crippen LogP contribution in [0.25, 0.3) is 0 Å². The van der Waals surface area contributed by atoms with Crippen molar-refractivity contribution in [2.75, 3.05) is 26.2 Å². The monoisotopic (exact) mass is 225 g/mol. The molecule has 1 aromatic rings. The predicted molar refractivity (Wildman–Crippen MR) is 55.9 cm³/mol. The highest BCUT2D eigenvalue weighted by Gasteiger charge is 2.25. The molecule has 1 aliphatic rings. The smallest absolute Gasteiger partial charge is 0.276 e. The molecule has 2 rings (SSSR count). The van der Waals surface area contributed by atoms with Gasteiger partial charge in [0.1, 0.15) is 5.76 Å². The number of hydrogen-bond donors (Lipinski definition) is 1. The second kappa shape index (κ2) is 4.63. The molecule has 2 heterocycles. The van der Waals surface area contributed by atoms with Crippen molar-refractivity contribution in [1.29, 1.82) is 0 Å². The molecule has 0 saturated carbocycles. The van der Waals surface area contributed by atoms with Crippen LogP contribution in [0.15, 0.2) is 10.6 Å². The van der Waals surface area contributed by atoms with Gasteiger partial charge in [-0.2, -0.15) is 0 Å². The molecule has 1 saturated heterocycles. The molecule has 1 fully saturated rings. The first-order chi connectivity index (χ1) is 7.70. The number of aromatic nitrogens is 1. The summed E-state index contributed by atoms with van der Waals surface area (Å²) in [7, 11) is 0. The van der Waals surface area contributed by atoms with Gasteiger partial charge in [-0.3, -0.25) is 4.79 Å². The van der Waals surface area contributed by atoms with E-state index in [9.17, 15) is 4.79 Å². The zero-order valence-corrected chi connectivity index (χ0v) is 9.18. The summed E-state index contributed by atoms with van der Waals surface area (Å²) in [6, 6.07) is 1.63. The first-order valence-corrected chi connectivity index (χ1v) is 5.25. The van der Waals surface area contributed by atoms with Crippen LogP contribution >= 0.6 is 0 Å². The summed E-state index contributed by atoms with van der Waals surface area (Å²) in [5.74, 6) is 0.505. The average molecular weight is 225 g/mol. The number of nitrogens with zero attached hydrogens (tertiary/aromatic N) is 2. The van der Waals surface area contributed by atoms with Crippen LogP contribution < -0.4 is 5.73 Å². The summed E-state index contributed by atoms with van der Waals surface area (Å²) >= 11 is 0. The number of rotatable bonds is 2. The van der Waals surface area contributed by atoms with E-state index in [1.807, 2.05) is 0 Å². The molecule has 0 aliphatic carbocycles. The van der Waals surface area contributed by atoms with Gasteiger partial charge in [0.15, 0.2) is 5.69 Å². The van der Waals surface area contributed by atoms with Crippen LogP contribution in [0, 0.1) is 6.92 Å². The Morgan fingerprint density at radius 3 is 3.19 bits per heavy atom. The minimum Gasteiger partial charge on any atom is -0.373 e. The van der Waals surface area contributed by atoms with Crippen LogP contribution in [0.2, 0.25) is 0 Å². The Hall–Kier alpha value is -1.40. The zero-order chi connectivity index (χ0) is 11.5. The average Bonchev–Trinajstić information content (AvgIpc) is 2.75. The number of morpholine rings is 1. The minimum atomic E-state index is -0.126. The Balaban J connectivity index is 2.04. The van der Waals surface area contributed by atoms with E-state index in [2.05, 4.69) is 5.16 Å². The summed E-state index contributed by atoms with van der Waals surface area (Å²) < 4.78 is 10.3. The number of hydrogen-bond acceptors (Lipinski definition) is 5. The van der Waals surface area contributed by atoms with E-state index in [-0.39, 0.29) is 12.0 Å². The van der Waals surface area contributed by atoms with Crippen molar-refractivity contribution in [1.82, 2.24) is 10.1 Å². The quantitative estimate of drug-likeness (QED) is 0.752. The molecule has 6 heteroatoms. The molecule has 1 amide bonds. The van der Waals surface area contributed by atoms with Gasteiger partial charge in [0.05, 0.1) is 12.7 Å². The lowest BCUT2D eigenvalue weighted by atomic mass is 10.2. The molecule has 0 spiro atoms. The predicted octanol–water partition coefficient (Wildman–Crippen LogP) is -0.217. The maximum atomic E-state index is 12.0. The second-order valence-electron chi connectivity index (χ2n) is 3.80. The highest BCUT2D eigenvalue weighted by Crippen LogP contribution is 2.10. The van der Waals surface area contributed by atoms with E-state index in [1.54, 1.807) is 17.9 Å². The molecular weight excluding hydrogens is 210 g/mol. The van der Waals surface area contributed by atoms with Crippen molar-refractivity contribution in [3.8, 4) is 0 Å². The van der Waals surface area contributed by atoms with Crippen LogP contribution in [0.1, 0.15) is 16.2 Å². The van der Waals surface area contributed by atoms with E-state index in [0.29, 0.717) is 37.7 Å². The van der Waals surface area contributed by atoms with Gasteiger partial charge in [-0.1, -0.05) is 5.16 Å². The first kappa shape index (κ1) is 11.1. The number of amides is 1. The molecule has 16 heavy (non-hydrogen) atoms. The number of carbonyl (C=O) groups excluding carboxylic acids is 1. The van der Waals surface area contributed by atoms with E-state index >= 15 is 0 Å². The maximum Gasteiger partial charge on any atom is 0.276 e. The van der Waals surface area contributed by atoms with Gasteiger partial charge >= 0.3 is 0 Å². The second-order valence-corrected chi connectivity index (χ2v) is 3.80. The topological polar surface area (TPSA) is 81.6 Å². The van der Waals surface area contributed by atoms with E-state index < -0.39 is 0 Å². The highest BCUT2D eigenvalue weighted by molar-refractivity contribution is 5.92. The summed E-state index contributed by atoms with van der Waals surface area (Å²) in [5, 5.41) is 3.70.